The summed E-state index contributed by atoms with van der Waals surface area (Å²) in [5, 5.41) is 12.0. The molecule has 0 fully saturated rings. The van der Waals surface area contributed by atoms with Crippen LogP contribution in [0.5, 0.6) is 0 Å². The third-order valence-electron chi connectivity index (χ3n) is 2.34. The largest absolute Gasteiger partial charge is 0.271 e. The van der Waals surface area contributed by atoms with E-state index in [1.165, 1.54) is 12.1 Å². The molecule has 0 aliphatic rings. The van der Waals surface area contributed by atoms with Crippen molar-refractivity contribution in [1.29, 1.82) is 0 Å². The Morgan fingerprint density at radius 2 is 1.67 bits per heavy atom. The predicted molar refractivity (Wildman–Crippen MR) is 73.6 cm³/mol. The van der Waals surface area contributed by atoms with Gasteiger partial charge in [-0.05, 0) is 23.8 Å². The highest BCUT2D eigenvalue weighted by Gasteiger charge is 2.12. The van der Waals surface area contributed by atoms with Gasteiger partial charge in [0.25, 0.3) is 5.69 Å². The quantitative estimate of drug-likeness (QED) is 0.563. The van der Waals surface area contributed by atoms with Crippen LogP contribution in [0.4, 0.5) is 5.69 Å². The molecule has 2 aromatic rings. The highest BCUT2D eigenvalue weighted by Crippen LogP contribution is 2.34. The molecule has 0 saturated carbocycles. The second-order valence-corrected chi connectivity index (χ2v) is 4.86. The minimum absolute atomic E-state index is 0.0801. The van der Waals surface area contributed by atoms with Gasteiger partial charge >= 0.3 is 0 Å². The Kier molecular flexibility index (Phi) is 3.76. The first-order chi connectivity index (χ1) is 8.47. The maximum absolute atomic E-state index is 10.8. The molecular weight excluding hydrogens is 296 g/mol. The summed E-state index contributed by atoms with van der Waals surface area (Å²) in [6, 6.07) is 9.25. The Morgan fingerprint density at radius 1 is 0.944 bits per heavy atom. The summed E-state index contributed by atoms with van der Waals surface area (Å²) in [6.45, 7) is 0. The first kappa shape index (κ1) is 13.1. The minimum Gasteiger partial charge on any atom is -0.258 e. The van der Waals surface area contributed by atoms with Crippen LogP contribution >= 0.6 is 34.8 Å². The normalized spacial score (nSPS) is 10.4. The molecule has 0 saturated heterocycles. The number of non-ortho nitro benzene ring substituents is 1. The van der Waals surface area contributed by atoms with E-state index in [0.29, 0.717) is 21.2 Å². The topological polar surface area (TPSA) is 43.1 Å². The zero-order valence-corrected chi connectivity index (χ0v) is 11.1. The van der Waals surface area contributed by atoms with E-state index in [4.69, 9.17) is 34.8 Å². The molecule has 0 aromatic heterocycles. The Bertz CT molecular complexity index is 629. The number of benzene rings is 2. The van der Waals surface area contributed by atoms with Gasteiger partial charge < -0.3 is 0 Å². The van der Waals surface area contributed by atoms with Gasteiger partial charge in [-0.2, -0.15) is 0 Å². The van der Waals surface area contributed by atoms with Crippen molar-refractivity contribution in [3.05, 3.63) is 61.6 Å². The zero-order chi connectivity index (χ0) is 13.3. The van der Waals surface area contributed by atoms with Gasteiger partial charge in [-0.25, -0.2) is 0 Å². The van der Waals surface area contributed by atoms with Crippen molar-refractivity contribution in [2.24, 2.45) is 0 Å². The zero-order valence-electron chi connectivity index (χ0n) is 8.86. The van der Waals surface area contributed by atoms with Crippen molar-refractivity contribution < 1.29 is 4.92 Å². The van der Waals surface area contributed by atoms with E-state index in [9.17, 15) is 10.1 Å². The molecule has 0 aliphatic heterocycles. The van der Waals surface area contributed by atoms with E-state index in [0.717, 1.165) is 0 Å². The standard InChI is InChI=1S/C12H6Cl3NO2/c13-8-1-2-11(12(15)6-8)7-3-9(14)5-10(4-7)16(17)18/h1-6H. The van der Waals surface area contributed by atoms with Crippen molar-refractivity contribution in [3.63, 3.8) is 0 Å². The Labute approximate surface area is 118 Å². The van der Waals surface area contributed by atoms with Crippen LogP contribution in [0.1, 0.15) is 0 Å². The van der Waals surface area contributed by atoms with E-state index in [1.807, 2.05) is 0 Å². The van der Waals surface area contributed by atoms with Crippen molar-refractivity contribution in [2.75, 3.05) is 0 Å². The van der Waals surface area contributed by atoms with E-state index in [2.05, 4.69) is 0 Å². The molecule has 0 atom stereocenters. The summed E-state index contributed by atoms with van der Waals surface area (Å²) in [7, 11) is 0. The predicted octanol–water partition coefficient (Wildman–Crippen LogP) is 5.22. The van der Waals surface area contributed by atoms with Crippen LogP contribution in [0.25, 0.3) is 11.1 Å². The summed E-state index contributed by atoms with van der Waals surface area (Å²) < 4.78 is 0. The van der Waals surface area contributed by atoms with E-state index < -0.39 is 4.92 Å². The molecule has 0 radical (unpaired) electrons. The number of nitro benzene ring substituents is 1. The van der Waals surface area contributed by atoms with Gasteiger partial charge in [-0.3, -0.25) is 10.1 Å². The highest BCUT2D eigenvalue weighted by molar-refractivity contribution is 6.36. The lowest BCUT2D eigenvalue weighted by molar-refractivity contribution is -0.384. The number of halogens is 3. The van der Waals surface area contributed by atoms with Crippen molar-refractivity contribution in [1.82, 2.24) is 0 Å². The molecule has 18 heavy (non-hydrogen) atoms. The summed E-state index contributed by atoms with van der Waals surface area (Å²) in [4.78, 5) is 10.3. The molecule has 0 amide bonds. The molecule has 2 rings (SSSR count). The molecular formula is C12H6Cl3NO2. The third-order valence-corrected chi connectivity index (χ3v) is 3.10. The van der Waals surface area contributed by atoms with Crippen LogP contribution in [0.2, 0.25) is 15.1 Å². The van der Waals surface area contributed by atoms with Crippen LogP contribution in [0, 0.1) is 10.1 Å². The maximum Gasteiger partial charge on any atom is 0.271 e. The third kappa shape index (κ3) is 2.75. The lowest BCUT2D eigenvalue weighted by Gasteiger charge is -2.05. The van der Waals surface area contributed by atoms with Crippen LogP contribution in [0.15, 0.2) is 36.4 Å². The molecule has 0 aliphatic carbocycles. The summed E-state index contributed by atoms with van der Waals surface area (Å²) in [6.07, 6.45) is 0. The molecule has 6 heteroatoms. The van der Waals surface area contributed by atoms with Gasteiger partial charge in [-0.1, -0.05) is 40.9 Å². The first-order valence-electron chi connectivity index (χ1n) is 4.88. The molecule has 0 unspecified atom stereocenters. The Hall–Kier alpha value is -1.29. The Balaban J connectivity index is 2.60. The fourth-order valence-corrected chi connectivity index (χ4v) is 2.31. The first-order valence-corrected chi connectivity index (χ1v) is 6.01. The van der Waals surface area contributed by atoms with Gasteiger partial charge in [0.15, 0.2) is 0 Å². The lowest BCUT2D eigenvalue weighted by atomic mass is 10.1. The van der Waals surface area contributed by atoms with Crippen LogP contribution in [-0.2, 0) is 0 Å². The van der Waals surface area contributed by atoms with Gasteiger partial charge in [0.05, 0.1) is 4.92 Å². The molecule has 2 aromatic carbocycles. The van der Waals surface area contributed by atoms with Gasteiger partial charge in [-0.15, -0.1) is 0 Å². The lowest BCUT2D eigenvalue weighted by Crippen LogP contribution is -1.89. The SMILES string of the molecule is O=[N+]([O-])c1cc(Cl)cc(-c2ccc(Cl)cc2Cl)c1. The summed E-state index contributed by atoms with van der Waals surface area (Å²) in [5.74, 6) is 0. The minimum atomic E-state index is -0.501. The van der Waals surface area contributed by atoms with E-state index >= 15 is 0 Å². The molecule has 0 bridgehead atoms. The molecule has 0 N–H and O–H groups in total. The Morgan fingerprint density at radius 3 is 2.28 bits per heavy atom. The molecule has 3 nitrogen and oxygen atoms in total. The summed E-state index contributed by atoms with van der Waals surface area (Å²) >= 11 is 17.7. The van der Waals surface area contributed by atoms with Crippen LogP contribution < -0.4 is 0 Å². The maximum atomic E-state index is 10.8. The van der Waals surface area contributed by atoms with Crippen molar-refractivity contribution >= 4 is 40.5 Å². The second-order valence-electron chi connectivity index (χ2n) is 3.58. The molecule has 0 spiro atoms. The van der Waals surface area contributed by atoms with Gasteiger partial charge in [0.2, 0.25) is 0 Å². The second kappa shape index (κ2) is 5.14. The van der Waals surface area contributed by atoms with Crippen LogP contribution in [-0.4, -0.2) is 4.92 Å². The average Bonchev–Trinajstić information content (AvgIpc) is 2.27. The van der Waals surface area contributed by atoms with Crippen LogP contribution in [0.3, 0.4) is 0 Å². The van der Waals surface area contributed by atoms with E-state index in [1.54, 1.807) is 24.3 Å². The summed E-state index contributed by atoms with van der Waals surface area (Å²) in [5.41, 5.74) is 1.14. The number of nitrogens with zero attached hydrogens (tertiary/aromatic N) is 1. The number of nitro groups is 1. The highest BCUT2D eigenvalue weighted by atomic mass is 35.5. The van der Waals surface area contributed by atoms with Gasteiger partial charge in [0, 0.05) is 32.8 Å². The fourth-order valence-electron chi connectivity index (χ4n) is 1.56. The smallest absolute Gasteiger partial charge is 0.258 e. The van der Waals surface area contributed by atoms with Crippen molar-refractivity contribution in [2.45, 2.75) is 0 Å². The molecule has 0 heterocycles. The van der Waals surface area contributed by atoms with Crippen molar-refractivity contribution in [3.8, 4) is 11.1 Å². The van der Waals surface area contributed by atoms with E-state index in [-0.39, 0.29) is 10.7 Å². The van der Waals surface area contributed by atoms with Gasteiger partial charge in [0.1, 0.15) is 0 Å². The average molecular weight is 303 g/mol. The molecule has 92 valence electrons. The monoisotopic (exact) mass is 301 g/mol. The fraction of sp³-hybridized carbons (Fsp3) is 0. The number of hydrogen-bond acceptors (Lipinski definition) is 2. The number of hydrogen-bond donors (Lipinski definition) is 0. The number of rotatable bonds is 2.